The summed E-state index contributed by atoms with van der Waals surface area (Å²) in [6.45, 7) is 2.34. The fourth-order valence-electron chi connectivity index (χ4n) is 7.73. The van der Waals surface area contributed by atoms with Gasteiger partial charge in [0.2, 0.25) is 5.91 Å². The normalized spacial score (nSPS) is 26.4. The van der Waals surface area contributed by atoms with Crippen LogP contribution in [0.15, 0.2) is 146 Å². The van der Waals surface area contributed by atoms with E-state index in [0.717, 1.165) is 96.3 Å². The summed E-state index contributed by atoms with van der Waals surface area (Å²) in [4.78, 5) is 13.2. The Bertz CT molecular complexity index is 1790. The lowest BCUT2D eigenvalue weighted by atomic mass is 9.97. The first-order chi connectivity index (χ1) is 36.1. The molecule has 9 N–H and O–H groups in total. The maximum Gasteiger partial charge on any atom is 0.220 e. The molecule has 2 rings (SSSR count). The number of hydrogen-bond donors (Lipinski definition) is 9. The smallest absolute Gasteiger partial charge is 0.220 e. The Morgan fingerprint density at radius 1 is 0.514 bits per heavy atom. The Balaban J connectivity index is 1.73. The van der Waals surface area contributed by atoms with Gasteiger partial charge in [0.25, 0.3) is 0 Å². The first-order valence-corrected chi connectivity index (χ1v) is 27.0. The second-order valence-electron chi connectivity index (χ2n) is 18.3. The van der Waals surface area contributed by atoms with E-state index >= 15 is 0 Å². The predicted molar refractivity (Wildman–Crippen MR) is 294 cm³/mol. The van der Waals surface area contributed by atoms with E-state index in [1.54, 1.807) is 6.08 Å². The van der Waals surface area contributed by atoms with Gasteiger partial charge >= 0.3 is 0 Å². The summed E-state index contributed by atoms with van der Waals surface area (Å²) < 4.78 is 22.6. The number of carbonyl (C=O) groups excluding carboxylic acids is 1. The zero-order valence-corrected chi connectivity index (χ0v) is 44.3. The molecule has 2 aliphatic heterocycles. The molecule has 0 spiro atoms. The number of ether oxygens (including phenoxy) is 4. The van der Waals surface area contributed by atoms with E-state index in [9.17, 15) is 45.6 Å². The van der Waals surface area contributed by atoms with Crippen molar-refractivity contribution in [2.75, 3.05) is 19.8 Å². The molecule has 12 unspecified atom stereocenters. The van der Waals surface area contributed by atoms with Gasteiger partial charge in [-0.05, 0) is 110 Å². The van der Waals surface area contributed by atoms with Crippen LogP contribution < -0.4 is 5.32 Å². The molecule has 0 saturated carbocycles. The van der Waals surface area contributed by atoms with Crippen LogP contribution in [0.5, 0.6) is 0 Å². The fraction of sp³-hybridized carbons (Fsp3) is 0.583. The predicted octanol–water partition coefficient (Wildman–Crippen LogP) is 8.21. The molecule has 12 atom stereocenters. The Morgan fingerprint density at radius 2 is 0.959 bits per heavy atom. The van der Waals surface area contributed by atoms with Crippen LogP contribution in [-0.4, -0.2) is 140 Å². The van der Waals surface area contributed by atoms with Crippen molar-refractivity contribution in [3.8, 4) is 0 Å². The lowest BCUT2D eigenvalue weighted by molar-refractivity contribution is -0.359. The van der Waals surface area contributed by atoms with Crippen LogP contribution in [0.1, 0.15) is 129 Å². The Hall–Kier alpha value is -4.13. The molecule has 0 radical (unpaired) electrons. The van der Waals surface area contributed by atoms with Crippen LogP contribution in [0.4, 0.5) is 0 Å². The van der Waals surface area contributed by atoms with Crippen LogP contribution in [0.25, 0.3) is 0 Å². The standard InChI is InChI=1S/C60H93NO13/c1-3-5-7-9-11-13-14-15-16-17-18-19-20-21-22-23-24-25-26-27-28-29-30-31-32-33-34-36-38-40-42-44-52(65)61-48(49(64)43-41-39-37-35-12-10-8-6-4-2)47-71-59-57(70)55(68)58(51(46-63)73-59)74-60-56(69)54(67)53(66)50(45-62)72-60/h4-7,11-13,15-16,18-19,21-22,24-25,27-28,30-31,33-35,41,43,48-51,53-60,62-64,66-70H,3,8-10,14,17,20,23,26,29,32,36-40,42,44-47H2,1-2H3,(H,61,65)/b6-4+,7-5-,13-11-,16-15-,19-18-,22-21-,25-24-,28-27-,31-30-,34-33-,35-12+,43-41+. The molecule has 0 aromatic rings. The van der Waals surface area contributed by atoms with Crippen molar-refractivity contribution in [3.63, 3.8) is 0 Å². The highest BCUT2D eigenvalue weighted by Crippen LogP contribution is 2.30. The van der Waals surface area contributed by atoms with Gasteiger partial charge in [-0.3, -0.25) is 4.79 Å². The molecule has 0 bridgehead atoms. The largest absolute Gasteiger partial charge is 0.394 e. The zero-order valence-electron chi connectivity index (χ0n) is 44.3. The third-order valence-electron chi connectivity index (χ3n) is 12.1. The summed E-state index contributed by atoms with van der Waals surface area (Å²) in [7, 11) is 0. The Kier molecular flexibility index (Phi) is 39.3. The average molecular weight is 1040 g/mol. The maximum absolute atomic E-state index is 13.2. The first kappa shape index (κ1) is 66.0. The number of aliphatic hydroxyl groups is 8. The van der Waals surface area contributed by atoms with E-state index in [4.69, 9.17) is 18.9 Å². The Morgan fingerprint density at radius 3 is 1.46 bits per heavy atom. The van der Waals surface area contributed by atoms with E-state index in [0.29, 0.717) is 12.8 Å². The van der Waals surface area contributed by atoms with Gasteiger partial charge in [-0.1, -0.05) is 159 Å². The molecule has 0 aromatic heterocycles. The number of hydrogen-bond acceptors (Lipinski definition) is 13. The van der Waals surface area contributed by atoms with Crippen molar-refractivity contribution < 1.29 is 64.6 Å². The van der Waals surface area contributed by atoms with Gasteiger partial charge in [-0.2, -0.15) is 0 Å². The fourth-order valence-corrected chi connectivity index (χ4v) is 7.73. The van der Waals surface area contributed by atoms with Crippen LogP contribution in [0.2, 0.25) is 0 Å². The maximum atomic E-state index is 13.2. The lowest BCUT2D eigenvalue weighted by Crippen LogP contribution is -2.65. The van der Waals surface area contributed by atoms with Gasteiger partial charge < -0.3 is 65.1 Å². The van der Waals surface area contributed by atoms with Crippen molar-refractivity contribution in [1.82, 2.24) is 5.32 Å². The molecule has 2 heterocycles. The van der Waals surface area contributed by atoms with Crippen molar-refractivity contribution in [1.29, 1.82) is 0 Å². The molecule has 0 aromatic carbocycles. The molecular formula is C60H93NO13. The molecular weight excluding hydrogens is 943 g/mol. The number of carbonyl (C=O) groups is 1. The third-order valence-corrected chi connectivity index (χ3v) is 12.1. The summed E-state index contributed by atoms with van der Waals surface area (Å²) >= 11 is 0. The van der Waals surface area contributed by atoms with E-state index in [1.165, 1.54) is 0 Å². The number of aliphatic hydroxyl groups excluding tert-OH is 8. The van der Waals surface area contributed by atoms with Gasteiger partial charge in [0, 0.05) is 6.42 Å². The Labute approximate surface area is 443 Å². The van der Waals surface area contributed by atoms with Crippen LogP contribution in [0, 0.1) is 0 Å². The molecule has 14 nitrogen and oxygen atoms in total. The molecule has 1 amide bonds. The van der Waals surface area contributed by atoms with E-state index in [1.807, 2.05) is 19.1 Å². The van der Waals surface area contributed by atoms with Crippen LogP contribution in [-0.2, 0) is 23.7 Å². The topological polar surface area (TPSA) is 228 Å². The minimum absolute atomic E-state index is 0.218. The highest BCUT2D eigenvalue weighted by Gasteiger charge is 2.51. The molecule has 0 aliphatic carbocycles. The van der Waals surface area contributed by atoms with Gasteiger partial charge in [-0.25, -0.2) is 0 Å². The molecule has 2 aliphatic rings. The van der Waals surface area contributed by atoms with Gasteiger partial charge in [-0.15, -0.1) is 0 Å². The van der Waals surface area contributed by atoms with E-state index in [-0.39, 0.29) is 18.9 Å². The summed E-state index contributed by atoms with van der Waals surface area (Å²) in [6, 6.07) is -0.965. The average Bonchev–Trinajstić information content (AvgIpc) is 3.40. The highest BCUT2D eigenvalue weighted by molar-refractivity contribution is 5.76. The molecule has 14 heteroatoms. The SMILES string of the molecule is C/C=C/CC/C=C/CC/C=C/C(O)C(COC1OC(CO)C(OC2OC(CO)C(O)C(O)C2O)C(O)C1O)NC(=O)CCCCC/C=C\C/C=C\C/C=C\C/C=C\C/C=C\C/C=C\C/C=C\C/C=C\C/C=C\CC. The monoisotopic (exact) mass is 1040 g/mol. The summed E-state index contributed by atoms with van der Waals surface area (Å²) in [6.07, 6.45) is 49.3. The summed E-state index contributed by atoms with van der Waals surface area (Å²) in [5.74, 6) is -0.298. The second-order valence-corrected chi connectivity index (χ2v) is 18.3. The highest BCUT2D eigenvalue weighted by atomic mass is 16.7. The van der Waals surface area contributed by atoms with E-state index < -0.39 is 86.8 Å². The second kappa shape index (κ2) is 44.0. The van der Waals surface area contributed by atoms with Gasteiger partial charge in [0.15, 0.2) is 12.6 Å². The third kappa shape index (κ3) is 29.8. The quantitative estimate of drug-likeness (QED) is 0.0209. The number of nitrogens with one attached hydrogen (secondary N) is 1. The lowest BCUT2D eigenvalue weighted by Gasteiger charge is -2.46. The molecule has 2 fully saturated rings. The van der Waals surface area contributed by atoms with Gasteiger partial charge in [0.05, 0.1) is 32.0 Å². The van der Waals surface area contributed by atoms with Crippen molar-refractivity contribution in [2.45, 2.75) is 203 Å². The number of unbranched alkanes of at least 4 members (excludes halogenated alkanes) is 5. The number of allylic oxidation sites excluding steroid dienone is 23. The summed E-state index contributed by atoms with van der Waals surface area (Å²) in [5.41, 5.74) is 0. The molecule has 2 saturated heterocycles. The number of amides is 1. The first-order valence-electron chi connectivity index (χ1n) is 27.0. The van der Waals surface area contributed by atoms with Crippen LogP contribution >= 0.6 is 0 Å². The molecule has 416 valence electrons. The van der Waals surface area contributed by atoms with Gasteiger partial charge in [0.1, 0.15) is 48.8 Å². The van der Waals surface area contributed by atoms with Crippen molar-refractivity contribution in [2.24, 2.45) is 0 Å². The number of rotatable bonds is 39. The van der Waals surface area contributed by atoms with Crippen molar-refractivity contribution >= 4 is 5.91 Å². The molecule has 74 heavy (non-hydrogen) atoms. The minimum Gasteiger partial charge on any atom is -0.394 e. The zero-order chi connectivity index (χ0) is 53.9. The van der Waals surface area contributed by atoms with Crippen molar-refractivity contribution in [3.05, 3.63) is 146 Å². The minimum atomic E-state index is -1.80. The summed E-state index contributed by atoms with van der Waals surface area (Å²) in [5, 5.41) is 86.5. The van der Waals surface area contributed by atoms with E-state index in [2.05, 4.69) is 140 Å². The van der Waals surface area contributed by atoms with Crippen LogP contribution in [0.3, 0.4) is 0 Å².